The molecule has 0 saturated carbocycles. The molecule has 0 amide bonds. The third-order valence-electron chi connectivity index (χ3n) is 5.15. The lowest BCUT2D eigenvalue weighted by Crippen LogP contribution is -2.35. The number of halogens is 1. The molecule has 8 heteroatoms. The summed E-state index contributed by atoms with van der Waals surface area (Å²) >= 11 is 6.15. The summed E-state index contributed by atoms with van der Waals surface area (Å²) in [5.74, 6) is 1.49. The van der Waals surface area contributed by atoms with E-state index in [1.165, 1.54) is 12.8 Å². The highest BCUT2D eigenvalue weighted by Gasteiger charge is 2.20. The first-order valence-corrected chi connectivity index (χ1v) is 10.6. The molecule has 0 aliphatic carbocycles. The predicted molar refractivity (Wildman–Crippen MR) is 120 cm³/mol. The van der Waals surface area contributed by atoms with Crippen molar-refractivity contribution in [1.82, 2.24) is 29.5 Å². The summed E-state index contributed by atoms with van der Waals surface area (Å²) < 4.78 is 1.98. The van der Waals surface area contributed by atoms with Gasteiger partial charge < -0.3 is 4.90 Å². The van der Waals surface area contributed by atoms with E-state index in [4.69, 9.17) is 16.6 Å². The van der Waals surface area contributed by atoms with Crippen LogP contribution in [0, 0.1) is 19.8 Å². The zero-order chi connectivity index (χ0) is 21.1. The average molecular weight is 424 g/mol. The molecule has 1 fully saturated rings. The third-order valence-corrected chi connectivity index (χ3v) is 5.38. The first kappa shape index (κ1) is 20.3. The standard InChI is InChI=1S/C18H20ClN5.C4H6N2/c1-12-4-3-7-23(10-12)18-21-13(2)8-15(22-18)16-9-20-17-6-5-14(19)11-24(16)17;1-4-2-3-5-6-4/h5-6,8-9,11-12H,3-4,7,10H2,1-2H3;2-3H,1H3,(H,5,6). The van der Waals surface area contributed by atoms with Crippen molar-refractivity contribution in [3.05, 3.63) is 59.3 Å². The Bertz CT molecular complexity index is 1120. The van der Waals surface area contributed by atoms with Crippen molar-refractivity contribution in [3.8, 4) is 11.4 Å². The van der Waals surface area contributed by atoms with Gasteiger partial charge in [-0.25, -0.2) is 15.0 Å². The molecule has 5 heterocycles. The number of rotatable bonds is 2. The maximum atomic E-state index is 6.15. The largest absolute Gasteiger partial charge is 0.341 e. The molecule has 1 unspecified atom stereocenters. The highest BCUT2D eigenvalue weighted by Crippen LogP contribution is 2.25. The van der Waals surface area contributed by atoms with Crippen LogP contribution in [0.2, 0.25) is 5.02 Å². The molecule has 1 aliphatic rings. The monoisotopic (exact) mass is 423 g/mol. The van der Waals surface area contributed by atoms with E-state index in [0.29, 0.717) is 10.9 Å². The van der Waals surface area contributed by atoms with Gasteiger partial charge in [-0.3, -0.25) is 9.50 Å². The number of aromatic nitrogens is 6. The van der Waals surface area contributed by atoms with Crippen molar-refractivity contribution in [2.45, 2.75) is 33.6 Å². The van der Waals surface area contributed by atoms with Crippen LogP contribution >= 0.6 is 11.6 Å². The van der Waals surface area contributed by atoms with E-state index in [1.807, 2.05) is 54.9 Å². The van der Waals surface area contributed by atoms with Gasteiger partial charge in [0.25, 0.3) is 0 Å². The molecule has 156 valence electrons. The number of aromatic amines is 1. The molecular weight excluding hydrogens is 398 g/mol. The van der Waals surface area contributed by atoms with Crippen LogP contribution in [-0.4, -0.2) is 42.6 Å². The highest BCUT2D eigenvalue weighted by molar-refractivity contribution is 6.30. The average Bonchev–Trinajstić information content (AvgIpc) is 3.36. The number of imidazole rings is 1. The van der Waals surface area contributed by atoms with Crippen molar-refractivity contribution in [1.29, 1.82) is 0 Å². The van der Waals surface area contributed by atoms with Crippen LogP contribution in [-0.2, 0) is 0 Å². The number of hydrogen-bond donors (Lipinski definition) is 1. The number of hydrogen-bond acceptors (Lipinski definition) is 5. The Morgan fingerprint density at radius 1 is 1.17 bits per heavy atom. The summed E-state index contributed by atoms with van der Waals surface area (Å²) in [4.78, 5) is 16.2. The molecule has 1 N–H and O–H groups in total. The second-order valence-electron chi connectivity index (χ2n) is 7.85. The summed E-state index contributed by atoms with van der Waals surface area (Å²) in [7, 11) is 0. The van der Waals surface area contributed by atoms with Crippen molar-refractivity contribution >= 4 is 23.2 Å². The van der Waals surface area contributed by atoms with Gasteiger partial charge in [-0.2, -0.15) is 5.10 Å². The second kappa shape index (κ2) is 8.83. The molecule has 1 saturated heterocycles. The van der Waals surface area contributed by atoms with Gasteiger partial charge in [0.1, 0.15) is 5.65 Å². The van der Waals surface area contributed by atoms with Gasteiger partial charge in [0.2, 0.25) is 5.95 Å². The van der Waals surface area contributed by atoms with Crippen molar-refractivity contribution < 1.29 is 0 Å². The van der Waals surface area contributed by atoms with Gasteiger partial charge in [0.05, 0.1) is 22.6 Å². The number of aryl methyl sites for hydroxylation is 2. The van der Waals surface area contributed by atoms with Gasteiger partial charge in [0, 0.05) is 36.9 Å². The predicted octanol–water partition coefficient (Wildman–Crippen LogP) is 4.71. The Morgan fingerprint density at radius 2 is 2.03 bits per heavy atom. The van der Waals surface area contributed by atoms with Crippen LogP contribution in [0.5, 0.6) is 0 Å². The molecule has 0 radical (unpaired) electrons. The Balaban J connectivity index is 0.000000313. The van der Waals surface area contributed by atoms with Crippen LogP contribution in [0.4, 0.5) is 5.95 Å². The first-order valence-electron chi connectivity index (χ1n) is 10.2. The molecule has 4 aromatic heterocycles. The molecule has 1 atom stereocenters. The molecule has 0 bridgehead atoms. The first-order chi connectivity index (χ1) is 14.5. The Kier molecular flexibility index (Phi) is 5.99. The van der Waals surface area contributed by atoms with Crippen LogP contribution < -0.4 is 4.90 Å². The number of anilines is 1. The van der Waals surface area contributed by atoms with E-state index < -0.39 is 0 Å². The van der Waals surface area contributed by atoms with E-state index >= 15 is 0 Å². The van der Waals surface area contributed by atoms with Crippen LogP contribution in [0.25, 0.3) is 17.0 Å². The van der Waals surface area contributed by atoms with Crippen molar-refractivity contribution in [3.63, 3.8) is 0 Å². The normalized spacial score (nSPS) is 16.4. The number of nitrogens with one attached hydrogen (secondary N) is 1. The minimum atomic E-state index is 0.678. The number of H-pyrrole nitrogens is 1. The lowest BCUT2D eigenvalue weighted by molar-refractivity contribution is 0.442. The van der Waals surface area contributed by atoms with Gasteiger partial charge in [-0.15, -0.1) is 0 Å². The molecular formula is C22H26ClN7. The quantitative estimate of drug-likeness (QED) is 0.505. The molecule has 0 spiro atoms. The Morgan fingerprint density at radius 3 is 2.73 bits per heavy atom. The third kappa shape index (κ3) is 4.62. The minimum Gasteiger partial charge on any atom is -0.341 e. The van der Waals surface area contributed by atoms with E-state index in [9.17, 15) is 0 Å². The maximum Gasteiger partial charge on any atom is 0.226 e. The number of pyridine rings is 1. The Hall–Kier alpha value is -2.93. The highest BCUT2D eigenvalue weighted by atomic mass is 35.5. The fraction of sp³-hybridized carbons (Fsp3) is 0.364. The van der Waals surface area contributed by atoms with Gasteiger partial charge in [-0.05, 0) is 56.9 Å². The molecule has 7 nitrogen and oxygen atoms in total. The van der Waals surface area contributed by atoms with E-state index in [2.05, 4.69) is 32.0 Å². The van der Waals surface area contributed by atoms with Crippen molar-refractivity contribution in [2.75, 3.05) is 18.0 Å². The summed E-state index contributed by atoms with van der Waals surface area (Å²) in [5, 5.41) is 7.13. The minimum absolute atomic E-state index is 0.678. The van der Waals surface area contributed by atoms with Crippen LogP contribution in [0.15, 0.2) is 42.9 Å². The van der Waals surface area contributed by atoms with E-state index in [-0.39, 0.29) is 0 Å². The molecule has 5 rings (SSSR count). The summed E-state index contributed by atoms with van der Waals surface area (Å²) in [5.41, 5.74) is 4.74. The fourth-order valence-electron chi connectivity index (χ4n) is 3.67. The summed E-state index contributed by atoms with van der Waals surface area (Å²) in [6.45, 7) is 8.30. The topological polar surface area (TPSA) is 75.0 Å². The summed E-state index contributed by atoms with van der Waals surface area (Å²) in [6.07, 6.45) is 7.92. The second-order valence-corrected chi connectivity index (χ2v) is 8.28. The number of piperidine rings is 1. The van der Waals surface area contributed by atoms with Crippen molar-refractivity contribution in [2.24, 2.45) is 5.92 Å². The number of fused-ring (bicyclic) bond motifs is 1. The lowest BCUT2D eigenvalue weighted by Gasteiger charge is -2.31. The van der Waals surface area contributed by atoms with Gasteiger partial charge in [-0.1, -0.05) is 18.5 Å². The molecule has 30 heavy (non-hydrogen) atoms. The van der Waals surface area contributed by atoms with Gasteiger partial charge in [0.15, 0.2) is 0 Å². The van der Waals surface area contributed by atoms with Gasteiger partial charge >= 0.3 is 0 Å². The van der Waals surface area contributed by atoms with E-state index in [1.54, 1.807) is 6.20 Å². The molecule has 1 aliphatic heterocycles. The maximum absolute atomic E-state index is 6.15. The van der Waals surface area contributed by atoms with Crippen LogP contribution in [0.1, 0.15) is 31.2 Å². The van der Waals surface area contributed by atoms with E-state index in [0.717, 1.165) is 47.5 Å². The van der Waals surface area contributed by atoms with Crippen LogP contribution in [0.3, 0.4) is 0 Å². The fourth-order valence-corrected chi connectivity index (χ4v) is 3.83. The Labute approximate surface area is 181 Å². The summed E-state index contributed by atoms with van der Waals surface area (Å²) in [6, 6.07) is 7.67. The SMILES string of the molecule is Cc1cc(-c2cnc3ccc(Cl)cn23)nc(N2CCCC(C)C2)n1.Cc1ccn[nH]1. The number of nitrogens with zero attached hydrogens (tertiary/aromatic N) is 6. The molecule has 4 aromatic rings. The smallest absolute Gasteiger partial charge is 0.226 e. The zero-order valence-corrected chi connectivity index (χ0v) is 18.3. The lowest BCUT2D eigenvalue weighted by atomic mass is 10.0. The zero-order valence-electron chi connectivity index (χ0n) is 17.5. The molecule has 0 aromatic carbocycles.